The zero-order chi connectivity index (χ0) is 10.4. The Bertz CT molecular complexity index is 278. The molecule has 1 rings (SSSR count). The lowest BCUT2D eigenvalue weighted by atomic mass is 10.3. The van der Waals surface area contributed by atoms with Crippen LogP contribution in [0.5, 0.6) is 0 Å². The van der Waals surface area contributed by atoms with Crippen molar-refractivity contribution in [3.8, 4) is 0 Å². The van der Waals surface area contributed by atoms with Gasteiger partial charge in [0.2, 0.25) is 5.95 Å². The van der Waals surface area contributed by atoms with Crippen LogP contribution < -0.4 is 10.6 Å². The maximum absolute atomic E-state index is 8.83. The Morgan fingerprint density at radius 2 is 2.14 bits per heavy atom. The van der Waals surface area contributed by atoms with Gasteiger partial charge in [0.1, 0.15) is 5.82 Å². The molecule has 1 aromatic heterocycles. The Balaban J connectivity index is 2.65. The molecule has 0 spiro atoms. The van der Waals surface area contributed by atoms with E-state index in [0.29, 0.717) is 11.8 Å². The number of aromatic nitrogens is 2. The number of anilines is 2. The summed E-state index contributed by atoms with van der Waals surface area (Å²) in [7, 11) is 1.72. The van der Waals surface area contributed by atoms with Crippen molar-refractivity contribution in [2.45, 2.75) is 6.04 Å². The van der Waals surface area contributed by atoms with Crippen LogP contribution in [0.4, 0.5) is 11.8 Å². The zero-order valence-electron chi connectivity index (χ0n) is 7.94. The van der Waals surface area contributed by atoms with Gasteiger partial charge >= 0.3 is 0 Å². The van der Waals surface area contributed by atoms with Crippen LogP contribution in [0.2, 0.25) is 0 Å². The lowest BCUT2D eigenvalue weighted by molar-refractivity contribution is 0.203. The smallest absolute Gasteiger partial charge is 0.224 e. The summed E-state index contributed by atoms with van der Waals surface area (Å²) in [5, 5.41) is 23.3. The summed E-state index contributed by atoms with van der Waals surface area (Å²) in [6, 6.07) is 1.27. The number of aliphatic hydroxyl groups is 2. The molecule has 0 aliphatic heterocycles. The van der Waals surface area contributed by atoms with Crippen molar-refractivity contribution in [2.24, 2.45) is 0 Å². The van der Waals surface area contributed by atoms with Crippen molar-refractivity contribution >= 4 is 11.8 Å². The second kappa shape index (κ2) is 5.36. The number of nitrogens with one attached hydrogen (secondary N) is 2. The normalized spacial score (nSPS) is 10.3. The number of hydrogen-bond donors (Lipinski definition) is 4. The van der Waals surface area contributed by atoms with Crippen LogP contribution in [0.1, 0.15) is 0 Å². The van der Waals surface area contributed by atoms with E-state index in [1.165, 1.54) is 0 Å². The minimum Gasteiger partial charge on any atom is -0.394 e. The SMILES string of the molecule is CNc1nccc(NC(CO)CO)n1. The van der Waals surface area contributed by atoms with Gasteiger partial charge in [0.25, 0.3) is 0 Å². The van der Waals surface area contributed by atoms with Crippen molar-refractivity contribution in [1.82, 2.24) is 9.97 Å². The molecule has 0 amide bonds. The maximum atomic E-state index is 8.83. The third-order valence-corrected chi connectivity index (χ3v) is 1.67. The van der Waals surface area contributed by atoms with Gasteiger partial charge in [-0.2, -0.15) is 4.98 Å². The third kappa shape index (κ3) is 2.82. The summed E-state index contributed by atoms with van der Waals surface area (Å²) in [4.78, 5) is 8.00. The Kier molecular flexibility index (Phi) is 4.09. The van der Waals surface area contributed by atoms with Gasteiger partial charge in [-0.25, -0.2) is 4.98 Å². The Hall–Kier alpha value is -1.40. The lowest BCUT2D eigenvalue weighted by Gasteiger charge is -2.13. The van der Waals surface area contributed by atoms with E-state index < -0.39 is 6.04 Å². The van der Waals surface area contributed by atoms with E-state index in [9.17, 15) is 0 Å². The van der Waals surface area contributed by atoms with Crippen molar-refractivity contribution in [3.63, 3.8) is 0 Å². The van der Waals surface area contributed by atoms with Gasteiger partial charge in [0.15, 0.2) is 0 Å². The van der Waals surface area contributed by atoms with Crippen LogP contribution in [0.15, 0.2) is 12.3 Å². The summed E-state index contributed by atoms with van der Waals surface area (Å²) >= 11 is 0. The minimum atomic E-state index is -0.394. The monoisotopic (exact) mass is 198 g/mol. The zero-order valence-corrected chi connectivity index (χ0v) is 7.94. The Morgan fingerprint density at radius 1 is 1.43 bits per heavy atom. The predicted molar refractivity (Wildman–Crippen MR) is 53.2 cm³/mol. The molecule has 0 radical (unpaired) electrons. The van der Waals surface area contributed by atoms with Crippen molar-refractivity contribution in [1.29, 1.82) is 0 Å². The molecular weight excluding hydrogens is 184 g/mol. The van der Waals surface area contributed by atoms with Gasteiger partial charge in [-0.15, -0.1) is 0 Å². The average Bonchev–Trinajstić information content (AvgIpc) is 2.26. The van der Waals surface area contributed by atoms with Crippen LogP contribution in [0.3, 0.4) is 0 Å². The number of aliphatic hydroxyl groups excluding tert-OH is 2. The van der Waals surface area contributed by atoms with Crippen molar-refractivity contribution in [3.05, 3.63) is 12.3 Å². The molecule has 1 aromatic rings. The second-order valence-electron chi connectivity index (χ2n) is 2.72. The molecule has 1 heterocycles. The van der Waals surface area contributed by atoms with E-state index in [4.69, 9.17) is 10.2 Å². The first-order chi connectivity index (χ1) is 6.80. The molecule has 6 heteroatoms. The number of nitrogens with zero attached hydrogens (tertiary/aromatic N) is 2. The van der Waals surface area contributed by atoms with Gasteiger partial charge in [-0.1, -0.05) is 0 Å². The van der Waals surface area contributed by atoms with Gasteiger partial charge in [0, 0.05) is 13.2 Å². The number of hydrogen-bond acceptors (Lipinski definition) is 6. The fourth-order valence-electron chi connectivity index (χ4n) is 0.918. The summed E-state index contributed by atoms with van der Waals surface area (Å²) < 4.78 is 0. The van der Waals surface area contributed by atoms with Crippen LogP contribution in [-0.2, 0) is 0 Å². The first-order valence-electron chi connectivity index (χ1n) is 4.29. The molecule has 0 saturated heterocycles. The summed E-state index contributed by atoms with van der Waals surface area (Å²) in [5.74, 6) is 1.06. The lowest BCUT2D eigenvalue weighted by Crippen LogP contribution is -2.28. The first kappa shape index (κ1) is 10.7. The Morgan fingerprint density at radius 3 is 2.71 bits per heavy atom. The van der Waals surface area contributed by atoms with E-state index in [2.05, 4.69) is 20.6 Å². The van der Waals surface area contributed by atoms with Crippen LogP contribution >= 0.6 is 0 Å². The molecule has 0 bridgehead atoms. The summed E-state index contributed by atoms with van der Waals surface area (Å²) in [6.45, 7) is -0.287. The van der Waals surface area contributed by atoms with E-state index in [1.807, 2.05) is 0 Å². The molecule has 0 unspecified atom stereocenters. The minimum absolute atomic E-state index is 0.143. The fraction of sp³-hybridized carbons (Fsp3) is 0.500. The third-order valence-electron chi connectivity index (χ3n) is 1.67. The molecule has 78 valence electrons. The highest BCUT2D eigenvalue weighted by Gasteiger charge is 2.06. The van der Waals surface area contributed by atoms with Gasteiger partial charge in [0.05, 0.1) is 19.3 Å². The maximum Gasteiger partial charge on any atom is 0.224 e. The summed E-state index contributed by atoms with van der Waals surface area (Å²) in [5.41, 5.74) is 0. The molecule has 0 saturated carbocycles. The standard InChI is InChI=1S/C8H14N4O2/c1-9-8-10-3-2-7(12-8)11-6(4-13)5-14/h2-3,6,13-14H,4-5H2,1H3,(H2,9,10,11,12). The highest BCUT2D eigenvalue weighted by Crippen LogP contribution is 2.06. The second-order valence-corrected chi connectivity index (χ2v) is 2.72. The van der Waals surface area contributed by atoms with Crippen LogP contribution in [-0.4, -0.2) is 46.5 Å². The predicted octanol–water partition coefficient (Wildman–Crippen LogP) is -0.717. The summed E-state index contributed by atoms with van der Waals surface area (Å²) in [6.07, 6.45) is 1.59. The van der Waals surface area contributed by atoms with Gasteiger partial charge in [-0.3, -0.25) is 0 Å². The molecule has 14 heavy (non-hydrogen) atoms. The number of rotatable bonds is 5. The molecule has 0 fully saturated rings. The van der Waals surface area contributed by atoms with Crippen molar-refractivity contribution in [2.75, 3.05) is 30.9 Å². The highest BCUT2D eigenvalue weighted by molar-refractivity contribution is 5.39. The van der Waals surface area contributed by atoms with E-state index >= 15 is 0 Å². The fourth-order valence-corrected chi connectivity index (χ4v) is 0.918. The van der Waals surface area contributed by atoms with Gasteiger partial charge in [-0.05, 0) is 6.07 Å². The van der Waals surface area contributed by atoms with E-state index in [1.54, 1.807) is 19.3 Å². The molecule has 0 aliphatic carbocycles. The van der Waals surface area contributed by atoms with Crippen molar-refractivity contribution < 1.29 is 10.2 Å². The van der Waals surface area contributed by atoms with Crippen LogP contribution in [0, 0.1) is 0 Å². The quantitative estimate of drug-likeness (QED) is 0.499. The topological polar surface area (TPSA) is 90.3 Å². The molecule has 0 aliphatic rings. The molecular formula is C8H14N4O2. The van der Waals surface area contributed by atoms with E-state index in [0.717, 1.165) is 0 Å². The van der Waals surface area contributed by atoms with Gasteiger partial charge < -0.3 is 20.8 Å². The highest BCUT2D eigenvalue weighted by atomic mass is 16.3. The van der Waals surface area contributed by atoms with Crippen LogP contribution in [0.25, 0.3) is 0 Å². The Labute approximate surface area is 82.0 Å². The largest absolute Gasteiger partial charge is 0.394 e. The molecule has 0 atom stereocenters. The molecule has 6 nitrogen and oxygen atoms in total. The first-order valence-corrected chi connectivity index (χ1v) is 4.29. The molecule has 4 N–H and O–H groups in total. The average molecular weight is 198 g/mol. The molecule has 0 aromatic carbocycles. The van der Waals surface area contributed by atoms with E-state index in [-0.39, 0.29) is 13.2 Å².